The van der Waals surface area contributed by atoms with E-state index < -0.39 is 0 Å². The van der Waals surface area contributed by atoms with Crippen molar-refractivity contribution in [3.05, 3.63) is 58.6 Å². The summed E-state index contributed by atoms with van der Waals surface area (Å²) in [5.74, 6) is 1.25. The van der Waals surface area contributed by atoms with Crippen LogP contribution in [-0.4, -0.2) is 25.5 Å². The minimum absolute atomic E-state index is 0.363. The van der Waals surface area contributed by atoms with E-state index in [2.05, 4.69) is 15.8 Å². The zero-order chi connectivity index (χ0) is 17.4. The van der Waals surface area contributed by atoms with Gasteiger partial charge in [0, 0.05) is 17.6 Å². The van der Waals surface area contributed by atoms with E-state index in [9.17, 15) is 0 Å². The third kappa shape index (κ3) is 5.11. The van der Waals surface area contributed by atoms with E-state index in [1.165, 1.54) is 0 Å². The molecule has 0 bridgehead atoms. The minimum atomic E-state index is 0.363. The van der Waals surface area contributed by atoms with Crippen LogP contribution in [0.1, 0.15) is 11.1 Å². The van der Waals surface area contributed by atoms with Gasteiger partial charge in [-0.3, -0.25) is 5.43 Å². The van der Waals surface area contributed by atoms with Crippen molar-refractivity contribution in [1.29, 1.82) is 0 Å². The Balaban J connectivity index is 2.06. The zero-order valence-corrected chi connectivity index (χ0v) is 14.9. The average Bonchev–Trinajstić information content (AvgIpc) is 2.61. The van der Waals surface area contributed by atoms with Crippen LogP contribution in [0.5, 0.6) is 11.5 Å². The molecule has 7 heteroatoms. The Hall–Kier alpha value is -2.31. The number of benzene rings is 2. The van der Waals surface area contributed by atoms with Gasteiger partial charge in [-0.25, -0.2) is 0 Å². The summed E-state index contributed by atoms with van der Waals surface area (Å²) >= 11 is 11.1. The van der Waals surface area contributed by atoms with Gasteiger partial charge in [0.25, 0.3) is 0 Å². The number of hydrogen-bond donors (Lipinski definition) is 2. The second-order valence-corrected chi connectivity index (χ2v) is 5.55. The van der Waals surface area contributed by atoms with Crippen LogP contribution in [0.4, 0.5) is 0 Å². The van der Waals surface area contributed by atoms with E-state index in [1.54, 1.807) is 20.4 Å². The maximum Gasteiger partial charge on any atom is 0.186 e. The molecule has 0 aromatic heterocycles. The first-order chi connectivity index (χ1) is 11.6. The van der Waals surface area contributed by atoms with Crippen LogP contribution in [-0.2, 0) is 6.61 Å². The van der Waals surface area contributed by atoms with Crippen molar-refractivity contribution in [3.63, 3.8) is 0 Å². The quantitative estimate of drug-likeness (QED) is 0.468. The predicted octanol–water partition coefficient (Wildman–Crippen LogP) is 3.36. The second-order valence-electron chi connectivity index (χ2n) is 4.74. The van der Waals surface area contributed by atoms with Gasteiger partial charge >= 0.3 is 0 Å². The summed E-state index contributed by atoms with van der Waals surface area (Å²) < 4.78 is 11.2. The van der Waals surface area contributed by atoms with Gasteiger partial charge in [0.05, 0.1) is 13.3 Å². The molecule has 0 aliphatic carbocycles. The SMILES string of the molecule is CNC(=S)NN=Cc1ccc(OCc2ccccc2Cl)c(OC)c1. The highest BCUT2D eigenvalue weighted by Gasteiger charge is 2.07. The van der Waals surface area contributed by atoms with E-state index in [0.717, 1.165) is 11.1 Å². The molecule has 2 rings (SSSR count). The fraction of sp³-hybridized carbons (Fsp3) is 0.176. The molecule has 0 atom stereocenters. The van der Waals surface area contributed by atoms with Gasteiger partial charge in [-0.1, -0.05) is 29.8 Å². The second kappa shape index (κ2) is 9.10. The number of methoxy groups -OCH3 is 1. The van der Waals surface area contributed by atoms with Crippen molar-refractivity contribution in [2.45, 2.75) is 6.61 Å². The molecule has 0 radical (unpaired) electrons. The lowest BCUT2D eigenvalue weighted by Crippen LogP contribution is -2.28. The zero-order valence-electron chi connectivity index (χ0n) is 13.4. The van der Waals surface area contributed by atoms with Gasteiger partial charge < -0.3 is 14.8 Å². The Labute approximate surface area is 151 Å². The lowest BCUT2D eigenvalue weighted by molar-refractivity contribution is 0.284. The van der Waals surface area contributed by atoms with Crippen LogP contribution in [0.2, 0.25) is 5.02 Å². The smallest absolute Gasteiger partial charge is 0.186 e. The molecule has 126 valence electrons. The van der Waals surface area contributed by atoms with Crippen molar-refractivity contribution in [1.82, 2.24) is 10.7 Å². The topological polar surface area (TPSA) is 54.9 Å². The number of thiocarbonyl (C=S) groups is 1. The average molecular weight is 364 g/mol. The fourth-order valence-corrected chi connectivity index (χ4v) is 2.12. The van der Waals surface area contributed by atoms with E-state index in [0.29, 0.717) is 28.2 Å². The third-order valence-electron chi connectivity index (χ3n) is 3.14. The maximum atomic E-state index is 6.13. The molecule has 0 fully saturated rings. The third-order valence-corrected chi connectivity index (χ3v) is 3.80. The molecule has 0 saturated heterocycles. The lowest BCUT2D eigenvalue weighted by Gasteiger charge is -2.12. The molecule has 0 saturated carbocycles. The number of hydrazone groups is 1. The first-order valence-corrected chi connectivity index (χ1v) is 7.97. The summed E-state index contributed by atoms with van der Waals surface area (Å²) in [6.07, 6.45) is 1.64. The van der Waals surface area contributed by atoms with Crippen LogP contribution in [0.25, 0.3) is 0 Å². The van der Waals surface area contributed by atoms with Gasteiger partial charge in [0.15, 0.2) is 16.6 Å². The predicted molar refractivity (Wildman–Crippen MR) is 101 cm³/mol. The summed E-state index contributed by atoms with van der Waals surface area (Å²) in [6.45, 7) is 0.363. The van der Waals surface area contributed by atoms with Crippen molar-refractivity contribution in [2.24, 2.45) is 5.10 Å². The molecule has 0 aliphatic rings. The monoisotopic (exact) mass is 363 g/mol. The highest BCUT2D eigenvalue weighted by Crippen LogP contribution is 2.29. The Bertz CT molecular complexity index is 738. The van der Waals surface area contributed by atoms with E-state index in [1.807, 2.05) is 42.5 Å². The Kier molecular flexibility index (Phi) is 6.84. The van der Waals surface area contributed by atoms with Crippen molar-refractivity contribution >= 4 is 35.1 Å². The lowest BCUT2D eigenvalue weighted by atomic mass is 10.2. The molecule has 0 amide bonds. The number of nitrogens with one attached hydrogen (secondary N) is 2. The van der Waals surface area contributed by atoms with E-state index in [4.69, 9.17) is 33.3 Å². The normalized spacial score (nSPS) is 10.5. The molecular formula is C17H18ClN3O2S. The molecule has 5 nitrogen and oxygen atoms in total. The number of halogens is 1. The summed E-state index contributed by atoms with van der Waals surface area (Å²) in [5.41, 5.74) is 4.45. The Morgan fingerprint density at radius 2 is 2.04 bits per heavy atom. The van der Waals surface area contributed by atoms with Gasteiger partial charge in [-0.2, -0.15) is 5.10 Å². The van der Waals surface area contributed by atoms with Crippen LogP contribution in [0.3, 0.4) is 0 Å². The molecule has 0 unspecified atom stereocenters. The van der Waals surface area contributed by atoms with Crippen LogP contribution < -0.4 is 20.2 Å². The van der Waals surface area contributed by atoms with Gasteiger partial charge in [-0.15, -0.1) is 0 Å². The molecule has 0 spiro atoms. The first kappa shape index (κ1) is 18.0. The highest BCUT2D eigenvalue weighted by atomic mass is 35.5. The van der Waals surface area contributed by atoms with E-state index in [-0.39, 0.29) is 0 Å². The largest absolute Gasteiger partial charge is 0.493 e. The summed E-state index contributed by atoms with van der Waals surface area (Å²) in [7, 11) is 3.31. The molecule has 0 aliphatic heterocycles. The van der Waals surface area contributed by atoms with Crippen LogP contribution in [0.15, 0.2) is 47.6 Å². The molecule has 2 aromatic rings. The highest BCUT2D eigenvalue weighted by molar-refractivity contribution is 7.80. The Morgan fingerprint density at radius 3 is 2.75 bits per heavy atom. The van der Waals surface area contributed by atoms with Crippen molar-refractivity contribution in [3.8, 4) is 11.5 Å². The van der Waals surface area contributed by atoms with Gasteiger partial charge in [-0.05, 0) is 42.0 Å². The summed E-state index contributed by atoms with van der Waals surface area (Å²) in [6, 6.07) is 13.1. The number of nitrogens with zero attached hydrogens (tertiary/aromatic N) is 1. The number of ether oxygens (including phenoxy) is 2. The molecule has 24 heavy (non-hydrogen) atoms. The van der Waals surface area contributed by atoms with Crippen LogP contribution in [0, 0.1) is 0 Å². The molecular weight excluding hydrogens is 346 g/mol. The standard InChI is InChI=1S/C17H18ClN3O2S/c1-19-17(24)21-20-10-12-7-8-15(16(9-12)22-2)23-11-13-5-3-4-6-14(13)18/h3-10H,11H2,1-2H3,(H2,19,21,24). The van der Waals surface area contributed by atoms with Crippen molar-refractivity contribution in [2.75, 3.05) is 14.2 Å². The molecule has 0 heterocycles. The van der Waals surface area contributed by atoms with Crippen LogP contribution >= 0.6 is 23.8 Å². The summed E-state index contributed by atoms with van der Waals surface area (Å²) in [5, 5.41) is 7.92. The van der Waals surface area contributed by atoms with Gasteiger partial charge in [0.1, 0.15) is 6.61 Å². The number of hydrogen-bond acceptors (Lipinski definition) is 4. The fourth-order valence-electron chi connectivity index (χ4n) is 1.88. The molecule has 2 N–H and O–H groups in total. The molecule has 2 aromatic carbocycles. The number of rotatable bonds is 6. The maximum absolute atomic E-state index is 6.13. The van der Waals surface area contributed by atoms with E-state index >= 15 is 0 Å². The Morgan fingerprint density at radius 1 is 1.25 bits per heavy atom. The summed E-state index contributed by atoms with van der Waals surface area (Å²) in [4.78, 5) is 0. The van der Waals surface area contributed by atoms with Gasteiger partial charge in [0.2, 0.25) is 0 Å². The van der Waals surface area contributed by atoms with Crippen molar-refractivity contribution < 1.29 is 9.47 Å². The first-order valence-electron chi connectivity index (χ1n) is 7.19. The minimum Gasteiger partial charge on any atom is -0.493 e.